The Morgan fingerprint density at radius 1 is 1.60 bits per heavy atom. The maximum Gasteiger partial charge on any atom is 0.205 e. The average Bonchev–Trinajstić information content (AvgIpc) is 2.75. The molecule has 1 saturated carbocycles. The first-order valence-corrected chi connectivity index (χ1v) is 6.07. The van der Waals surface area contributed by atoms with Crippen LogP contribution in [0.25, 0.3) is 0 Å². The summed E-state index contributed by atoms with van der Waals surface area (Å²) in [6.45, 7) is 2.16. The summed E-state index contributed by atoms with van der Waals surface area (Å²) in [7, 11) is 0. The first-order valence-electron chi connectivity index (χ1n) is 5.30. The lowest BCUT2D eigenvalue weighted by Gasteiger charge is -2.32. The van der Waals surface area contributed by atoms with Gasteiger partial charge in [-0.1, -0.05) is 6.92 Å². The van der Waals surface area contributed by atoms with Gasteiger partial charge in [0.25, 0.3) is 0 Å². The van der Waals surface area contributed by atoms with Crippen LogP contribution in [0, 0.1) is 5.92 Å². The fourth-order valence-corrected chi connectivity index (χ4v) is 2.66. The number of aromatic nitrogens is 1. The summed E-state index contributed by atoms with van der Waals surface area (Å²) in [6.07, 6.45) is 4.64. The maximum atomic E-state index is 12.0. The Morgan fingerprint density at radius 2 is 2.27 bits per heavy atom. The molecule has 1 fully saturated rings. The standard InChI is InChI=1S/C11H15NO2S/c1-8-2-5-11(14,6-3-8)10(13)9-4-7-12-15-9/h4,7-8,14H,2-3,5-6H2,1H3. The van der Waals surface area contributed by atoms with E-state index in [0.717, 1.165) is 24.4 Å². The van der Waals surface area contributed by atoms with Crippen LogP contribution in [0.2, 0.25) is 0 Å². The van der Waals surface area contributed by atoms with Gasteiger partial charge in [0.15, 0.2) is 0 Å². The van der Waals surface area contributed by atoms with Crippen molar-refractivity contribution >= 4 is 17.3 Å². The molecule has 0 saturated heterocycles. The Morgan fingerprint density at radius 3 is 2.80 bits per heavy atom. The lowest BCUT2D eigenvalue weighted by molar-refractivity contribution is 0.00463. The van der Waals surface area contributed by atoms with Crippen LogP contribution in [0.4, 0.5) is 0 Å². The van der Waals surface area contributed by atoms with Gasteiger partial charge in [-0.05, 0) is 49.2 Å². The van der Waals surface area contributed by atoms with Crippen molar-refractivity contribution in [3.8, 4) is 0 Å². The lowest BCUT2D eigenvalue weighted by atomic mass is 9.77. The van der Waals surface area contributed by atoms with Crippen LogP contribution in [-0.2, 0) is 0 Å². The number of hydrogen-bond donors (Lipinski definition) is 1. The molecule has 0 atom stereocenters. The van der Waals surface area contributed by atoms with Crippen molar-refractivity contribution in [1.82, 2.24) is 4.37 Å². The van der Waals surface area contributed by atoms with Crippen molar-refractivity contribution < 1.29 is 9.90 Å². The molecule has 1 heterocycles. The van der Waals surface area contributed by atoms with E-state index in [9.17, 15) is 9.90 Å². The van der Waals surface area contributed by atoms with Gasteiger partial charge in [0.1, 0.15) is 5.60 Å². The van der Waals surface area contributed by atoms with E-state index in [2.05, 4.69) is 11.3 Å². The van der Waals surface area contributed by atoms with E-state index in [1.165, 1.54) is 0 Å². The summed E-state index contributed by atoms with van der Waals surface area (Å²) in [5.41, 5.74) is -1.13. The largest absolute Gasteiger partial charge is 0.382 e. The van der Waals surface area contributed by atoms with Gasteiger partial charge in [0.2, 0.25) is 5.78 Å². The highest BCUT2D eigenvalue weighted by Crippen LogP contribution is 2.34. The van der Waals surface area contributed by atoms with Crippen molar-refractivity contribution in [1.29, 1.82) is 0 Å². The topological polar surface area (TPSA) is 50.2 Å². The van der Waals surface area contributed by atoms with E-state index in [1.807, 2.05) is 0 Å². The second-order valence-corrected chi connectivity index (χ2v) is 5.25. The van der Waals surface area contributed by atoms with Gasteiger partial charge < -0.3 is 5.11 Å². The predicted molar refractivity (Wildman–Crippen MR) is 59.0 cm³/mol. The number of aliphatic hydroxyl groups is 1. The molecule has 1 aromatic heterocycles. The molecule has 0 radical (unpaired) electrons. The van der Waals surface area contributed by atoms with Crippen molar-refractivity contribution in [3.63, 3.8) is 0 Å². The second kappa shape index (κ2) is 4.02. The van der Waals surface area contributed by atoms with Crippen LogP contribution in [0.1, 0.15) is 42.3 Å². The Labute approximate surface area is 93.3 Å². The van der Waals surface area contributed by atoms with E-state index >= 15 is 0 Å². The van der Waals surface area contributed by atoms with Gasteiger partial charge in [0.05, 0.1) is 4.88 Å². The number of hydrogen-bond acceptors (Lipinski definition) is 4. The van der Waals surface area contributed by atoms with Crippen LogP contribution >= 0.6 is 11.5 Å². The molecule has 0 aromatic carbocycles. The monoisotopic (exact) mass is 225 g/mol. The smallest absolute Gasteiger partial charge is 0.205 e. The van der Waals surface area contributed by atoms with Gasteiger partial charge in [-0.25, -0.2) is 4.37 Å². The van der Waals surface area contributed by atoms with Crippen LogP contribution < -0.4 is 0 Å². The van der Waals surface area contributed by atoms with Crippen molar-refractivity contribution in [2.75, 3.05) is 0 Å². The summed E-state index contributed by atoms with van der Waals surface area (Å²) in [5, 5.41) is 10.3. The van der Waals surface area contributed by atoms with Crippen LogP contribution in [-0.4, -0.2) is 20.9 Å². The minimum absolute atomic E-state index is 0.142. The number of nitrogens with zero attached hydrogens (tertiary/aromatic N) is 1. The molecular formula is C11H15NO2S. The number of ketones is 1. The van der Waals surface area contributed by atoms with Gasteiger partial charge >= 0.3 is 0 Å². The highest BCUT2D eigenvalue weighted by atomic mass is 32.1. The van der Waals surface area contributed by atoms with Gasteiger partial charge in [-0.3, -0.25) is 4.79 Å². The molecule has 1 aliphatic rings. The van der Waals surface area contributed by atoms with Gasteiger partial charge in [-0.15, -0.1) is 0 Å². The Kier molecular flexibility index (Phi) is 2.89. The number of Topliss-reactive ketones (excluding diaryl/α,β-unsaturated/α-hetero) is 1. The van der Waals surface area contributed by atoms with E-state index in [0.29, 0.717) is 23.6 Å². The van der Waals surface area contributed by atoms with Crippen LogP contribution in [0.15, 0.2) is 12.3 Å². The molecule has 0 bridgehead atoms. The molecule has 82 valence electrons. The van der Waals surface area contributed by atoms with E-state index in [-0.39, 0.29) is 5.78 Å². The number of rotatable bonds is 2. The molecule has 4 heteroatoms. The van der Waals surface area contributed by atoms with Crippen molar-refractivity contribution in [2.24, 2.45) is 5.92 Å². The summed E-state index contributed by atoms with van der Waals surface area (Å²) in [4.78, 5) is 12.6. The van der Waals surface area contributed by atoms with E-state index in [1.54, 1.807) is 12.3 Å². The third-order valence-corrected chi connectivity index (χ3v) is 3.93. The Balaban J connectivity index is 2.13. The van der Waals surface area contributed by atoms with Gasteiger partial charge in [0, 0.05) is 6.20 Å². The van der Waals surface area contributed by atoms with E-state index in [4.69, 9.17) is 0 Å². The molecule has 3 nitrogen and oxygen atoms in total. The lowest BCUT2D eigenvalue weighted by Crippen LogP contribution is -2.41. The zero-order valence-electron chi connectivity index (χ0n) is 8.77. The van der Waals surface area contributed by atoms with E-state index < -0.39 is 5.60 Å². The average molecular weight is 225 g/mol. The third kappa shape index (κ3) is 2.11. The Hall–Kier alpha value is -0.740. The number of carbonyl (C=O) groups is 1. The molecular weight excluding hydrogens is 210 g/mol. The summed E-state index contributed by atoms with van der Waals surface area (Å²) < 4.78 is 3.89. The fourth-order valence-electron chi connectivity index (χ4n) is 2.03. The highest BCUT2D eigenvalue weighted by molar-refractivity contribution is 7.08. The normalized spacial score (nSPS) is 31.5. The fraction of sp³-hybridized carbons (Fsp3) is 0.636. The molecule has 0 aliphatic heterocycles. The minimum atomic E-state index is -1.13. The van der Waals surface area contributed by atoms with Crippen LogP contribution in [0.5, 0.6) is 0 Å². The number of carbonyl (C=O) groups excluding carboxylic acids is 1. The van der Waals surface area contributed by atoms with Crippen LogP contribution in [0.3, 0.4) is 0 Å². The molecule has 0 unspecified atom stereocenters. The SMILES string of the molecule is CC1CCC(O)(C(=O)c2ccns2)CC1. The first-order chi connectivity index (χ1) is 7.12. The molecule has 15 heavy (non-hydrogen) atoms. The molecule has 0 spiro atoms. The first kappa shape index (κ1) is 10.8. The molecule has 1 aromatic rings. The predicted octanol–water partition coefficient (Wildman–Crippen LogP) is 2.27. The second-order valence-electron chi connectivity index (χ2n) is 4.42. The third-order valence-electron chi connectivity index (χ3n) is 3.19. The zero-order chi connectivity index (χ0) is 10.9. The summed E-state index contributed by atoms with van der Waals surface area (Å²) >= 11 is 1.16. The van der Waals surface area contributed by atoms with Crippen molar-refractivity contribution in [2.45, 2.75) is 38.2 Å². The summed E-state index contributed by atoms with van der Waals surface area (Å²) in [6, 6.07) is 1.68. The quantitative estimate of drug-likeness (QED) is 0.785. The van der Waals surface area contributed by atoms with Gasteiger partial charge in [-0.2, -0.15) is 0 Å². The Bertz CT molecular complexity index is 339. The molecule has 0 amide bonds. The molecule has 1 N–H and O–H groups in total. The minimum Gasteiger partial charge on any atom is -0.382 e. The zero-order valence-corrected chi connectivity index (χ0v) is 9.59. The molecule has 1 aliphatic carbocycles. The maximum absolute atomic E-state index is 12.0. The van der Waals surface area contributed by atoms with Crippen molar-refractivity contribution in [3.05, 3.63) is 17.1 Å². The molecule has 2 rings (SSSR count). The highest BCUT2D eigenvalue weighted by Gasteiger charge is 2.39. The summed E-state index contributed by atoms with van der Waals surface area (Å²) in [5.74, 6) is 0.483.